The van der Waals surface area contributed by atoms with Gasteiger partial charge in [0.2, 0.25) is 0 Å². The van der Waals surface area contributed by atoms with Crippen molar-refractivity contribution in [2.24, 2.45) is 0 Å². The van der Waals surface area contributed by atoms with E-state index in [4.69, 9.17) is 21.4 Å². The van der Waals surface area contributed by atoms with Crippen molar-refractivity contribution in [3.05, 3.63) is 29.3 Å². The summed E-state index contributed by atoms with van der Waals surface area (Å²) in [5.41, 5.74) is 0. The summed E-state index contributed by atoms with van der Waals surface area (Å²) in [6.07, 6.45) is 1.96. The molecular formula is C14H20ClNO3. The second kappa shape index (κ2) is 7.10. The van der Waals surface area contributed by atoms with E-state index in [1.165, 1.54) is 0 Å². The van der Waals surface area contributed by atoms with Gasteiger partial charge in [0.25, 0.3) is 0 Å². The van der Waals surface area contributed by atoms with Crippen LogP contribution < -0.4 is 10.1 Å². The Hall–Kier alpha value is -0.810. The third kappa shape index (κ3) is 4.08. The number of benzene rings is 1. The monoisotopic (exact) mass is 285 g/mol. The smallest absolute Gasteiger partial charge is 0.126 e. The van der Waals surface area contributed by atoms with E-state index in [0.29, 0.717) is 11.6 Å². The Labute approximate surface area is 118 Å². The average Bonchev–Trinajstić information content (AvgIpc) is 2.42. The van der Waals surface area contributed by atoms with Gasteiger partial charge in [0, 0.05) is 17.6 Å². The molecule has 1 aromatic carbocycles. The fourth-order valence-electron chi connectivity index (χ4n) is 2.43. The van der Waals surface area contributed by atoms with Gasteiger partial charge in [-0.25, -0.2) is 0 Å². The number of rotatable bonds is 5. The van der Waals surface area contributed by atoms with Crippen molar-refractivity contribution in [3.63, 3.8) is 0 Å². The molecular weight excluding hydrogens is 266 g/mol. The Morgan fingerprint density at radius 1 is 1.26 bits per heavy atom. The van der Waals surface area contributed by atoms with Crippen LogP contribution in [0.5, 0.6) is 5.75 Å². The average molecular weight is 286 g/mol. The molecule has 0 radical (unpaired) electrons. The van der Waals surface area contributed by atoms with E-state index in [1.807, 2.05) is 0 Å². The largest absolute Gasteiger partial charge is 0.488 e. The lowest BCUT2D eigenvalue weighted by atomic mass is 9.90. The van der Waals surface area contributed by atoms with Crippen LogP contribution in [0.3, 0.4) is 0 Å². The van der Waals surface area contributed by atoms with Gasteiger partial charge in [0.15, 0.2) is 0 Å². The lowest BCUT2D eigenvalue weighted by Gasteiger charge is -2.35. The SMILES string of the molecule is OCCN[C@H]1CCC[C@@H](Oc2ccc(Cl)cc2)[C@@H]1O. The first-order valence-corrected chi connectivity index (χ1v) is 7.03. The first-order valence-electron chi connectivity index (χ1n) is 6.65. The van der Waals surface area contributed by atoms with Crippen molar-refractivity contribution in [3.8, 4) is 5.75 Å². The zero-order valence-electron chi connectivity index (χ0n) is 10.8. The van der Waals surface area contributed by atoms with E-state index >= 15 is 0 Å². The summed E-state index contributed by atoms with van der Waals surface area (Å²) in [6, 6.07) is 7.14. The normalized spacial score (nSPS) is 27.2. The van der Waals surface area contributed by atoms with E-state index in [1.54, 1.807) is 24.3 Å². The van der Waals surface area contributed by atoms with Crippen LogP contribution in [0.15, 0.2) is 24.3 Å². The number of aliphatic hydroxyl groups excluding tert-OH is 2. The molecule has 1 saturated carbocycles. The Bertz CT molecular complexity index is 385. The Balaban J connectivity index is 1.93. The maximum Gasteiger partial charge on any atom is 0.126 e. The Morgan fingerprint density at radius 3 is 2.68 bits per heavy atom. The highest BCUT2D eigenvalue weighted by molar-refractivity contribution is 6.30. The van der Waals surface area contributed by atoms with Crippen molar-refractivity contribution < 1.29 is 14.9 Å². The van der Waals surface area contributed by atoms with E-state index in [0.717, 1.165) is 25.0 Å². The van der Waals surface area contributed by atoms with Crippen LogP contribution >= 0.6 is 11.6 Å². The van der Waals surface area contributed by atoms with E-state index in [9.17, 15) is 5.11 Å². The van der Waals surface area contributed by atoms with Crippen LogP contribution in [0.4, 0.5) is 0 Å². The van der Waals surface area contributed by atoms with Crippen LogP contribution in [0.2, 0.25) is 5.02 Å². The maximum absolute atomic E-state index is 10.3. The Kier molecular flexibility index (Phi) is 5.45. The van der Waals surface area contributed by atoms with Crippen molar-refractivity contribution >= 4 is 11.6 Å². The van der Waals surface area contributed by atoms with Crippen molar-refractivity contribution in [2.45, 2.75) is 37.5 Å². The summed E-state index contributed by atoms with van der Waals surface area (Å²) < 4.78 is 5.82. The molecule has 0 spiro atoms. The van der Waals surface area contributed by atoms with Gasteiger partial charge in [-0.3, -0.25) is 0 Å². The van der Waals surface area contributed by atoms with Gasteiger partial charge in [-0.2, -0.15) is 0 Å². The number of halogens is 1. The van der Waals surface area contributed by atoms with Crippen LogP contribution in [-0.2, 0) is 0 Å². The molecule has 0 amide bonds. The quantitative estimate of drug-likeness (QED) is 0.769. The number of hydrogen-bond donors (Lipinski definition) is 3. The summed E-state index contributed by atoms with van der Waals surface area (Å²) in [5.74, 6) is 0.719. The van der Waals surface area contributed by atoms with Crippen molar-refractivity contribution in [2.75, 3.05) is 13.2 Å². The molecule has 106 valence electrons. The molecule has 0 bridgehead atoms. The first-order chi connectivity index (χ1) is 9.20. The topological polar surface area (TPSA) is 61.7 Å². The number of hydrogen-bond acceptors (Lipinski definition) is 4. The molecule has 3 N–H and O–H groups in total. The molecule has 0 aromatic heterocycles. The third-order valence-corrected chi connectivity index (χ3v) is 3.67. The van der Waals surface area contributed by atoms with Gasteiger partial charge in [-0.1, -0.05) is 11.6 Å². The van der Waals surface area contributed by atoms with E-state index < -0.39 is 6.10 Å². The molecule has 0 heterocycles. The molecule has 1 fully saturated rings. The molecule has 19 heavy (non-hydrogen) atoms. The predicted molar refractivity (Wildman–Crippen MR) is 74.6 cm³/mol. The summed E-state index contributed by atoms with van der Waals surface area (Å²) >= 11 is 5.82. The van der Waals surface area contributed by atoms with Crippen LogP contribution in [-0.4, -0.2) is 41.6 Å². The molecule has 2 rings (SSSR count). The highest BCUT2D eigenvalue weighted by atomic mass is 35.5. The first kappa shape index (κ1) is 14.6. The van der Waals surface area contributed by atoms with Gasteiger partial charge in [0.05, 0.1) is 6.61 Å². The zero-order valence-corrected chi connectivity index (χ0v) is 11.5. The molecule has 1 aliphatic carbocycles. The molecule has 5 heteroatoms. The Morgan fingerprint density at radius 2 is 2.00 bits per heavy atom. The summed E-state index contributed by atoms with van der Waals surface area (Å²) in [6.45, 7) is 0.571. The number of aliphatic hydroxyl groups is 2. The standard InChI is InChI=1S/C14H20ClNO3/c15-10-4-6-11(7-5-10)19-13-3-1-2-12(14(13)18)16-8-9-17/h4-7,12-14,16-18H,1-3,8-9H2/t12-,13+,14+/m0/s1. The van der Waals surface area contributed by atoms with Gasteiger partial charge >= 0.3 is 0 Å². The van der Waals surface area contributed by atoms with Gasteiger partial charge in [-0.15, -0.1) is 0 Å². The van der Waals surface area contributed by atoms with E-state index in [-0.39, 0.29) is 18.8 Å². The van der Waals surface area contributed by atoms with Crippen LogP contribution in [0.1, 0.15) is 19.3 Å². The molecule has 1 aliphatic rings. The molecule has 4 nitrogen and oxygen atoms in total. The highest BCUT2D eigenvalue weighted by Crippen LogP contribution is 2.25. The second-order valence-electron chi connectivity index (χ2n) is 4.82. The lowest BCUT2D eigenvalue weighted by Crippen LogP contribution is -2.51. The number of nitrogens with one attached hydrogen (secondary N) is 1. The summed E-state index contributed by atoms with van der Waals surface area (Å²) in [4.78, 5) is 0. The van der Waals surface area contributed by atoms with Crippen molar-refractivity contribution in [1.82, 2.24) is 5.32 Å². The maximum atomic E-state index is 10.3. The summed E-state index contributed by atoms with van der Waals surface area (Å²) in [7, 11) is 0. The van der Waals surface area contributed by atoms with Crippen molar-refractivity contribution in [1.29, 1.82) is 0 Å². The molecule has 0 saturated heterocycles. The highest BCUT2D eigenvalue weighted by Gasteiger charge is 2.32. The number of ether oxygens (including phenoxy) is 1. The third-order valence-electron chi connectivity index (χ3n) is 3.42. The lowest BCUT2D eigenvalue weighted by molar-refractivity contribution is -0.0160. The molecule has 1 aromatic rings. The minimum atomic E-state index is -0.559. The van der Waals surface area contributed by atoms with Crippen LogP contribution in [0, 0.1) is 0 Å². The molecule has 3 atom stereocenters. The van der Waals surface area contributed by atoms with Gasteiger partial charge < -0.3 is 20.3 Å². The minimum absolute atomic E-state index is 0.0156. The second-order valence-corrected chi connectivity index (χ2v) is 5.25. The molecule has 0 aliphatic heterocycles. The van der Waals surface area contributed by atoms with Gasteiger partial charge in [0.1, 0.15) is 18.0 Å². The fraction of sp³-hybridized carbons (Fsp3) is 0.571. The predicted octanol–water partition coefficient (Wildman–Crippen LogP) is 1.58. The fourth-order valence-corrected chi connectivity index (χ4v) is 2.55. The minimum Gasteiger partial charge on any atom is -0.488 e. The molecule has 0 unspecified atom stereocenters. The summed E-state index contributed by atoms with van der Waals surface area (Å²) in [5, 5.41) is 22.9. The van der Waals surface area contributed by atoms with Crippen LogP contribution in [0.25, 0.3) is 0 Å². The van der Waals surface area contributed by atoms with Gasteiger partial charge in [-0.05, 0) is 43.5 Å². The zero-order chi connectivity index (χ0) is 13.7. The van der Waals surface area contributed by atoms with E-state index in [2.05, 4.69) is 5.32 Å².